The second kappa shape index (κ2) is 7.64. The van der Waals surface area contributed by atoms with E-state index in [2.05, 4.69) is 31.4 Å². The Balaban J connectivity index is 1.77. The molecule has 1 saturated heterocycles. The normalized spacial score (nSPS) is 34.4. The zero-order chi connectivity index (χ0) is 13.7. The average Bonchev–Trinajstić information content (AvgIpc) is 2.40. The van der Waals surface area contributed by atoms with Crippen LogP contribution in [0.1, 0.15) is 72.1 Å². The number of piperidine rings is 1. The molecule has 2 heteroatoms. The van der Waals surface area contributed by atoms with Crippen molar-refractivity contribution in [2.24, 2.45) is 11.8 Å². The summed E-state index contributed by atoms with van der Waals surface area (Å²) in [5.74, 6) is 1.73. The maximum atomic E-state index is 3.96. The zero-order valence-corrected chi connectivity index (χ0v) is 13.3. The fourth-order valence-corrected chi connectivity index (χ4v) is 4.15. The first-order valence-electron chi connectivity index (χ1n) is 8.66. The van der Waals surface area contributed by atoms with Crippen LogP contribution < -0.4 is 10.6 Å². The molecule has 0 radical (unpaired) electrons. The lowest BCUT2D eigenvalue weighted by molar-refractivity contribution is 0.187. The van der Waals surface area contributed by atoms with E-state index in [1.165, 1.54) is 57.9 Å². The van der Waals surface area contributed by atoms with E-state index in [9.17, 15) is 0 Å². The van der Waals surface area contributed by atoms with Gasteiger partial charge in [0.15, 0.2) is 0 Å². The molecule has 0 aromatic rings. The van der Waals surface area contributed by atoms with Crippen LogP contribution in [-0.2, 0) is 0 Å². The molecule has 0 aromatic carbocycles. The Labute approximate surface area is 120 Å². The molecule has 1 aliphatic carbocycles. The van der Waals surface area contributed by atoms with Gasteiger partial charge in [-0.3, -0.25) is 0 Å². The number of rotatable bonds is 5. The molecule has 0 aromatic heterocycles. The molecule has 1 heterocycles. The van der Waals surface area contributed by atoms with Gasteiger partial charge >= 0.3 is 0 Å². The van der Waals surface area contributed by atoms with Gasteiger partial charge in [-0.2, -0.15) is 0 Å². The highest BCUT2D eigenvalue weighted by Gasteiger charge is 2.28. The second-order valence-corrected chi connectivity index (χ2v) is 7.25. The molecule has 4 atom stereocenters. The molecule has 2 nitrogen and oxygen atoms in total. The van der Waals surface area contributed by atoms with Crippen molar-refractivity contribution in [3.05, 3.63) is 0 Å². The van der Waals surface area contributed by atoms with E-state index in [1.807, 2.05) is 0 Å². The molecule has 112 valence electrons. The van der Waals surface area contributed by atoms with Crippen LogP contribution in [0.2, 0.25) is 0 Å². The summed E-state index contributed by atoms with van der Waals surface area (Å²) in [6, 6.07) is 2.20. The molecule has 2 N–H and O–H groups in total. The van der Waals surface area contributed by atoms with Gasteiger partial charge in [-0.05, 0) is 57.4 Å². The molecule has 1 saturated carbocycles. The standard InChI is InChI=1S/C17H34N2/c1-13(2)16-9-4-5-10-17(16)19-14(3)12-15-8-6-7-11-18-15/h13-19H,4-12H2,1-3H3. The van der Waals surface area contributed by atoms with E-state index < -0.39 is 0 Å². The maximum Gasteiger partial charge on any atom is 0.0100 e. The summed E-state index contributed by atoms with van der Waals surface area (Å²) in [4.78, 5) is 0. The van der Waals surface area contributed by atoms with Gasteiger partial charge in [-0.25, -0.2) is 0 Å². The first kappa shape index (κ1) is 15.3. The minimum absolute atomic E-state index is 0.667. The van der Waals surface area contributed by atoms with Crippen molar-refractivity contribution < 1.29 is 0 Å². The second-order valence-electron chi connectivity index (χ2n) is 7.25. The van der Waals surface area contributed by atoms with Crippen molar-refractivity contribution in [1.82, 2.24) is 10.6 Å². The molecule has 0 bridgehead atoms. The lowest BCUT2D eigenvalue weighted by atomic mass is 9.77. The molecule has 4 unspecified atom stereocenters. The van der Waals surface area contributed by atoms with Gasteiger partial charge in [-0.1, -0.05) is 33.1 Å². The molecule has 0 spiro atoms. The third-order valence-corrected chi connectivity index (χ3v) is 5.22. The van der Waals surface area contributed by atoms with Crippen LogP contribution >= 0.6 is 0 Å². The van der Waals surface area contributed by atoms with Gasteiger partial charge in [0.05, 0.1) is 0 Å². The van der Waals surface area contributed by atoms with E-state index >= 15 is 0 Å². The predicted octanol–water partition coefficient (Wildman–Crippen LogP) is 3.71. The van der Waals surface area contributed by atoms with Gasteiger partial charge in [0.25, 0.3) is 0 Å². The highest BCUT2D eigenvalue weighted by Crippen LogP contribution is 2.30. The number of nitrogens with one attached hydrogen (secondary N) is 2. The van der Waals surface area contributed by atoms with E-state index in [1.54, 1.807) is 0 Å². The lowest BCUT2D eigenvalue weighted by Crippen LogP contribution is -2.47. The van der Waals surface area contributed by atoms with Crippen LogP contribution in [0.4, 0.5) is 0 Å². The molecular weight excluding hydrogens is 232 g/mol. The van der Waals surface area contributed by atoms with Gasteiger partial charge in [-0.15, -0.1) is 0 Å². The summed E-state index contributed by atoms with van der Waals surface area (Å²) in [5, 5.41) is 7.64. The van der Waals surface area contributed by atoms with Crippen molar-refractivity contribution in [3.8, 4) is 0 Å². The van der Waals surface area contributed by atoms with Crippen LogP contribution in [-0.4, -0.2) is 24.7 Å². The Hall–Kier alpha value is -0.0800. The molecule has 2 fully saturated rings. The smallest absolute Gasteiger partial charge is 0.0100 e. The van der Waals surface area contributed by atoms with Crippen LogP contribution in [0.5, 0.6) is 0 Å². The Morgan fingerprint density at radius 2 is 1.74 bits per heavy atom. The summed E-state index contributed by atoms with van der Waals surface area (Å²) in [5.41, 5.74) is 0. The highest BCUT2D eigenvalue weighted by atomic mass is 15.0. The first-order chi connectivity index (χ1) is 9.16. The predicted molar refractivity (Wildman–Crippen MR) is 83.4 cm³/mol. The molecular formula is C17H34N2. The number of hydrogen-bond donors (Lipinski definition) is 2. The summed E-state index contributed by atoms with van der Waals surface area (Å²) in [6.45, 7) is 8.42. The van der Waals surface area contributed by atoms with Crippen molar-refractivity contribution in [3.63, 3.8) is 0 Å². The maximum absolute atomic E-state index is 3.96. The average molecular weight is 266 g/mol. The first-order valence-corrected chi connectivity index (χ1v) is 8.66. The van der Waals surface area contributed by atoms with E-state index in [-0.39, 0.29) is 0 Å². The van der Waals surface area contributed by atoms with Crippen LogP contribution in [0.25, 0.3) is 0 Å². The topological polar surface area (TPSA) is 24.1 Å². The fraction of sp³-hybridized carbons (Fsp3) is 1.00. The molecule has 1 aliphatic heterocycles. The molecule has 19 heavy (non-hydrogen) atoms. The molecule has 2 aliphatic rings. The van der Waals surface area contributed by atoms with Gasteiger partial charge in [0, 0.05) is 18.1 Å². The third-order valence-electron chi connectivity index (χ3n) is 5.22. The Morgan fingerprint density at radius 1 is 1.00 bits per heavy atom. The largest absolute Gasteiger partial charge is 0.314 e. The minimum atomic E-state index is 0.667. The van der Waals surface area contributed by atoms with Gasteiger partial charge in [0.2, 0.25) is 0 Å². The summed E-state index contributed by atoms with van der Waals surface area (Å²) < 4.78 is 0. The minimum Gasteiger partial charge on any atom is -0.314 e. The Kier molecular flexibility index (Phi) is 6.15. The Morgan fingerprint density at radius 3 is 2.42 bits per heavy atom. The quantitative estimate of drug-likeness (QED) is 0.792. The zero-order valence-electron chi connectivity index (χ0n) is 13.3. The molecule has 0 amide bonds. The van der Waals surface area contributed by atoms with Crippen LogP contribution in [0.15, 0.2) is 0 Å². The monoisotopic (exact) mass is 266 g/mol. The lowest BCUT2D eigenvalue weighted by Gasteiger charge is -2.38. The Bertz CT molecular complexity index is 246. The van der Waals surface area contributed by atoms with Crippen molar-refractivity contribution >= 4 is 0 Å². The van der Waals surface area contributed by atoms with E-state index in [4.69, 9.17) is 0 Å². The SMILES string of the molecule is CC(CC1CCCCN1)NC1CCCCC1C(C)C. The van der Waals surface area contributed by atoms with Crippen molar-refractivity contribution in [2.45, 2.75) is 90.3 Å². The van der Waals surface area contributed by atoms with Gasteiger partial charge in [0.1, 0.15) is 0 Å². The summed E-state index contributed by atoms with van der Waals surface area (Å²) >= 11 is 0. The van der Waals surface area contributed by atoms with Crippen LogP contribution in [0.3, 0.4) is 0 Å². The summed E-state index contributed by atoms with van der Waals surface area (Å²) in [7, 11) is 0. The van der Waals surface area contributed by atoms with E-state index in [0.29, 0.717) is 6.04 Å². The molecule has 2 rings (SSSR count). The summed E-state index contributed by atoms with van der Waals surface area (Å²) in [6.07, 6.45) is 11.2. The van der Waals surface area contributed by atoms with E-state index in [0.717, 1.165) is 23.9 Å². The number of hydrogen-bond acceptors (Lipinski definition) is 2. The van der Waals surface area contributed by atoms with Crippen molar-refractivity contribution in [1.29, 1.82) is 0 Å². The fourth-order valence-electron chi connectivity index (χ4n) is 4.15. The third kappa shape index (κ3) is 4.75. The van der Waals surface area contributed by atoms with Crippen molar-refractivity contribution in [2.75, 3.05) is 6.54 Å². The highest BCUT2D eigenvalue weighted by molar-refractivity contribution is 4.86. The van der Waals surface area contributed by atoms with Crippen LogP contribution in [0, 0.1) is 11.8 Å². The van der Waals surface area contributed by atoms with Gasteiger partial charge < -0.3 is 10.6 Å².